The van der Waals surface area contributed by atoms with E-state index in [-0.39, 0.29) is 11.8 Å². The molecular formula is C27H23F4NO. The smallest absolute Gasteiger partial charge is 0.416 e. The molecule has 0 aliphatic carbocycles. The van der Waals surface area contributed by atoms with Gasteiger partial charge in [-0.2, -0.15) is 13.2 Å². The molecular weight excluding hydrogens is 430 g/mol. The quantitative estimate of drug-likeness (QED) is 0.305. The van der Waals surface area contributed by atoms with E-state index in [1.54, 1.807) is 12.1 Å². The van der Waals surface area contributed by atoms with Gasteiger partial charge in [-0.1, -0.05) is 42.5 Å². The van der Waals surface area contributed by atoms with Gasteiger partial charge in [0.25, 0.3) is 0 Å². The Kier molecular flexibility index (Phi) is 6.38. The van der Waals surface area contributed by atoms with Crippen LogP contribution in [0.2, 0.25) is 0 Å². The Bertz CT molecular complexity index is 1270. The monoisotopic (exact) mass is 453 g/mol. The summed E-state index contributed by atoms with van der Waals surface area (Å²) in [5, 5.41) is 5.40. The van der Waals surface area contributed by atoms with Crippen molar-refractivity contribution in [3.05, 3.63) is 101 Å². The van der Waals surface area contributed by atoms with Crippen LogP contribution in [-0.4, -0.2) is 7.11 Å². The Morgan fingerprint density at radius 1 is 0.909 bits per heavy atom. The number of hydrogen-bond acceptors (Lipinski definition) is 2. The van der Waals surface area contributed by atoms with Crippen molar-refractivity contribution in [2.75, 3.05) is 7.11 Å². The van der Waals surface area contributed by atoms with Gasteiger partial charge in [-0.3, -0.25) is 0 Å². The third-order valence-electron chi connectivity index (χ3n) is 5.73. The summed E-state index contributed by atoms with van der Waals surface area (Å²) in [4.78, 5) is 0. The molecule has 4 rings (SSSR count). The summed E-state index contributed by atoms with van der Waals surface area (Å²) in [6.07, 6.45) is -4.37. The van der Waals surface area contributed by atoms with Crippen molar-refractivity contribution in [2.45, 2.75) is 25.7 Å². The van der Waals surface area contributed by atoms with E-state index in [0.717, 1.165) is 45.2 Å². The first kappa shape index (κ1) is 22.8. The second-order valence-electron chi connectivity index (χ2n) is 7.94. The molecule has 0 spiro atoms. The molecule has 1 N–H and O–H groups in total. The van der Waals surface area contributed by atoms with Gasteiger partial charge in [-0.05, 0) is 76.3 Å². The van der Waals surface area contributed by atoms with Crippen LogP contribution in [0, 0.1) is 5.82 Å². The van der Waals surface area contributed by atoms with E-state index in [9.17, 15) is 17.6 Å². The molecule has 0 amide bonds. The molecule has 0 heterocycles. The highest BCUT2D eigenvalue weighted by molar-refractivity contribution is 5.97. The first-order valence-electron chi connectivity index (χ1n) is 10.5. The maximum absolute atomic E-state index is 13.7. The number of halogens is 4. The molecule has 0 radical (unpaired) electrons. The van der Waals surface area contributed by atoms with Crippen LogP contribution in [0.4, 0.5) is 17.6 Å². The largest absolute Gasteiger partial charge is 0.494 e. The SMILES string of the molecule is COc1cc(C(C)NCc2cc(-c3ccc(C(F)(F)F)cc3)c3ccccc3c2)ccc1F. The van der Waals surface area contributed by atoms with Crippen LogP contribution in [0.15, 0.2) is 78.9 Å². The lowest BCUT2D eigenvalue weighted by Crippen LogP contribution is -2.18. The molecule has 0 saturated carbocycles. The second kappa shape index (κ2) is 9.24. The lowest BCUT2D eigenvalue weighted by atomic mass is 9.94. The standard InChI is InChI=1S/C27H23F4NO/c1-17(20-9-12-25(28)26(15-20)33-2)32-16-18-13-21-5-3-4-6-23(21)24(14-18)19-7-10-22(11-8-19)27(29,30)31/h3-15,17,32H,16H2,1-2H3. The average molecular weight is 453 g/mol. The van der Waals surface area contributed by atoms with Gasteiger partial charge in [-0.25, -0.2) is 4.39 Å². The number of alkyl halides is 3. The molecule has 4 aromatic rings. The summed E-state index contributed by atoms with van der Waals surface area (Å²) in [7, 11) is 1.43. The number of ether oxygens (including phenoxy) is 1. The lowest BCUT2D eigenvalue weighted by Gasteiger charge is -2.17. The predicted octanol–water partition coefficient (Wildman–Crippen LogP) is 7.52. The molecule has 4 aromatic carbocycles. The highest BCUT2D eigenvalue weighted by Gasteiger charge is 2.30. The molecule has 1 atom stereocenters. The minimum absolute atomic E-state index is 0.0690. The van der Waals surface area contributed by atoms with Crippen molar-refractivity contribution in [2.24, 2.45) is 0 Å². The summed E-state index contributed by atoms with van der Waals surface area (Å²) >= 11 is 0. The number of fused-ring (bicyclic) bond motifs is 1. The summed E-state index contributed by atoms with van der Waals surface area (Å²) in [6, 6.07) is 21.8. The molecule has 33 heavy (non-hydrogen) atoms. The second-order valence-corrected chi connectivity index (χ2v) is 7.94. The van der Waals surface area contributed by atoms with Gasteiger partial charge in [0.2, 0.25) is 0 Å². The van der Waals surface area contributed by atoms with Crippen molar-refractivity contribution in [1.29, 1.82) is 0 Å². The maximum Gasteiger partial charge on any atom is 0.416 e. The average Bonchev–Trinajstić information content (AvgIpc) is 2.81. The molecule has 1 unspecified atom stereocenters. The van der Waals surface area contributed by atoms with Crippen LogP contribution in [-0.2, 0) is 12.7 Å². The van der Waals surface area contributed by atoms with E-state index in [1.165, 1.54) is 25.3 Å². The number of nitrogens with one attached hydrogen (secondary N) is 1. The number of methoxy groups -OCH3 is 1. The number of rotatable bonds is 6. The summed E-state index contributed by atoms with van der Waals surface area (Å²) < 4.78 is 57.8. The Hall–Kier alpha value is -3.38. The van der Waals surface area contributed by atoms with Crippen LogP contribution in [0.5, 0.6) is 5.75 Å². The predicted molar refractivity (Wildman–Crippen MR) is 123 cm³/mol. The fourth-order valence-corrected chi connectivity index (χ4v) is 3.89. The van der Waals surface area contributed by atoms with Gasteiger partial charge in [0, 0.05) is 12.6 Å². The van der Waals surface area contributed by atoms with Gasteiger partial charge < -0.3 is 10.1 Å². The topological polar surface area (TPSA) is 21.3 Å². The van der Waals surface area contributed by atoms with Crippen LogP contribution in [0.25, 0.3) is 21.9 Å². The van der Waals surface area contributed by atoms with Crippen LogP contribution >= 0.6 is 0 Å². The lowest BCUT2D eigenvalue weighted by molar-refractivity contribution is -0.137. The van der Waals surface area contributed by atoms with E-state index in [2.05, 4.69) is 11.4 Å². The zero-order valence-electron chi connectivity index (χ0n) is 18.2. The normalized spacial score (nSPS) is 12.7. The minimum atomic E-state index is -4.37. The highest BCUT2D eigenvalue weighted by atomic mass is 19.4. The Balaban J connectivity index is 1.63. The zero-order chi connectivity index (χ0) is 23.6. The number of benzene rings is 4. The minimum Gasteiger partial charge on any atom is -0.494 e. The molecule has 0 saturated heterocycles. The van der Waals surface area contributed by atoms with Crippen LogP contribution in [0.3, 0.4) is 0 Å². The first-order chi connectivity index (χ1) is 15.8. The molecule has 0 aliphatic rings. The van der Waals surface area contributed by atoms with Crippen LogP contribution in [0.1, 0.15) is 29.7 Å². The molecule has 170 valence electrons. The Morgan fingerprint density at radius 3 is 2.33 bits per heavy atom. The van der Waals surface area contributed by atoms with Gasteiger partial charge in [-0.15, -0.1) is 0 Å². The van der Waals surface area contributed by atoms with Crippen molar-refractivity contribution >= 4 is 10.8 Å². The first-order valence-corrected chi connectivity index (χ1v) is 10.5. The van der Waals surface area contributed by atoms with E-state index in [0.29, 0.717) is 6.54 Å². The summed E-state index contributed by atoms with van der Waals surface area (Å²) in [5.74, 6) is -0.222. The van der Waals surface area contributed by atoms with Crippen LogP contribution < -0.4 is 10.1 Å². The third-order valence-corrected chi connectivity index (χ3v) is 5.73. The van der Waals surface area contributed by atoms with Crippen molar-refractivity contribution in [3.8, 4) is 16.9 Å². The highest BCUT2D eigenvalue weighted by Crippen LogP contribution is 2.34. The summed E-state index contributed by atoms with van der Waals surface area (Å²) in [6.45, 7) is 2.50. The van der Waals surface area contributed by atoms with E-state index in [4.69, 9.17) is 4.74 Å². The Labute approximate surface area is 189 Å². The molecule has 0 aromatic heterocycles. The van der Waals surface area contributed by atoms with Gasteiger partial charge in [0.15, 0.2) is 11.6 Å². The van der Waals surface area contributed by atoms with E-state index >= 15 is 0 Å². The molecule has 0 fully saturated rings. The van der Waals surface area contributed by atoms with Gasteiger partial charge in [0.1, 0.15) is 0 Å². The maximum atomic E-state index is 13.7. The van der Waals surface area contributed by atoms with Crippen molar-refractivity contribution in [3.63, 3.8) is 0 Å². The van der Waals surface area contributed by atoms with E-state index < -0.39 is 17.6 Å². The van der Waals surface area contributed by atoms with Gasteiger partial charge >= 0.3 is 6.18 Å². The molecule has 0 bridgehead atoms. The van der Waals surface area contributed by atoms with Crippen molar-refractivity contribution in [1.82, 2.24) is 5.32 Å². The summed E-state index contributed by atoms with van der Waals surface area (Å²) in [5.41, 5.74) is 2.80. The molecule has 0 aliphatic heterocycles. The third kappa shape index (κ3) is 5.01. The fraction of sp³-hybridized carbons (Fsp3) is 0.185. The Morgan fingerprint density at radius 2 is 1.64 bits per heavy atom. The van der Waals surface area contributed by atoms with Crippen molar-refractivity contribution < 1.29 is 22.3 Å². The molecule has 6 heteroatoms. The zero-order valence-corrected chi connectivity index (χ0v) is 18.2. The molecule has 2 nitrogen and oxygen atoms in total. The van der Waals surface area contributed by atoms with E-state index in [1.807, 2.05) is 37.3 Å². The fourth-order valence-electron chi connectivity index (χ4n) is 3.89. The number of hydrogen-bond donors (Lipinski definition) is 1. The van der Waals surface area contributed by atoms with Gasteiger partial charge in [0.05, 0.1) is 12.7 Å².